The van der Waals surface area contributed by atoms with E-state index in [2.05, 4.69) is 33.0 Å². The van der Waals surface area contributed by atoms with Gasteiger partial charge in [-0.05, 0) is 32.2 Å². The Morgan fingerprint density at radius 2 is 2.00 bits per heavy atom. The molecule has 2 rings (SSSR count). The van der Waals surface area contributed by atoms with E-state index in [9.17, 15) is 4.79 Å². The van der Waals surface area contributed by atoms with Crippen LogP contribution in [0, 0.1) is 5.41 Å². The molecule has 1 amide bonds. The number of hydrogen-bond acceptors (Lipinski definition) is 1. The molecular formula is C16H26NOSiTi-. The molecule has 0 aromatic carbocycles. The molecule has 0 radical (unpaired) electrons. The largest absolute Gasteiger partial charge is 0.667 e. The molecule has 0 saturated heterocycles. The molecule has 1 N–H and O–H groups in total. The maximum absolute atomic E-state index is 12.3. The summed E-state index contributed by atoms with van der Waals surface area (Å²) in [7, 11) is -0.930. The number of hydrogen-bond donors (Lipinski definition) is 0. The second kappa shape index (κ2) is 6.76. The van der Waals surface area contributed by atoms with Gasteiger partial charge in [-0.3, -0.25) is 0 Å². The molecule has 110 valence electrons. The van der Waals surface area contributed by atoms with E-state index < -0.39 is 14.2 Å². The molecule has 20 heavy (non-hydrogen) atoms. The van der Waals surface area contributed by atoms with Crippen molar-refractivity contribution in [3.63, 3.8) is 0 Å². The smallest absolute Gasteiger partial charge is 0.0591 e. The first-order chi connectivity index (χ1) is 8.89. The number of nitrogens with one attached hydrogen (secondary N) is 1. The van der Waals surface area contributed by atoms with Crippen LogP contribution in [0.2, 0.25) is 18.6 Å². The van der Waals surface area contributed by atoms with E-state index in [1.165, 1.54) is 23.1 Å². The van der Waals surface area contributed by atoms with Crippen molar-refractivity contribution in [3.05, 3.63) is 28.5 Å². The number of amides is 1. The van der Waals surface area contributed by atoms with E-state index in [4.69, 9.17) is 5.73 Å². The van der Waals surface area contributed by atoms with Gasteiger partial charge < -0.3 is 10.5 Å². The molecule has 1 fully saturated rings. The van der Waals surface area contributed by atoms with Gasteiger partial charge in [0.25, 0.3) is 0 Å². The van der Waals surface area contributed by atoms with Gasteiger partial charge in [-0.25, -0.2) is 0 Å². The van der Waals surface area contributed by atoms with E-state index in [0.717, 1.165) is 25.7 Å². The molecular weight excluding hydrogens is 298 g/mol. The molecule has 0 aliphatic heterocycles. The average Bonchev–Trinajstić information content (AvgIpc) is 2.69. The summed E-state index contributed by atoms with van der Waals surface area (Å²) in [5.41, 5.74) is 12.0. The molecule has 2 atom stereocenters. The Hall–Kier alpha value is -0.119. The molecule has 0 bridgehead atoms. The molecule has 1 saturated carbocycles. The summed E-state index contributed by atoms with van der Waals surface area (Å²) in [6, 6.07) is 0. The van der Waals surface area contributed by atoms with E-state index >= 15 is 0 Å². The Labute approximate surface area is 139 Å². The molecule has 2 nitrogen and oxygen atoms in total. The van der Waals surface area contributed by atoms with E-state index in [-0.39, 0.29) is 27.6 Å². The van der Waals surface area contributed by atoms with Crippen LogP contribution in [0.15, 0.2) is 22.8 Å². The number of allylic oxidation sites excluding steroid dienone is 3. The Kier molecular flexibility index (Phi) is 6.06. The van der Waals surface area contributed by atoms with Gasteiger partial charge in [-0.1, -0.05) is 55.2 Å². The zero-order chi connectivity index (χ0) is 14.2. The molecule has 2 aliphatic rings. The molecule has 2 unspecified atom stereocenters. The van der Waals surface area contributed by atoms with Crippen molar-refractivity contribution in [2.75, 3.05) is 0 Å². The fourth-order valence-electron chi connectivity index (χ4n) is 4.08. The third-order valence-corrected chi connectivity index (χ3v) is 7.78. The molecule has 0 spiro atoms. The fraction of sp³-hybridized carbons (Fsp3) is 0.688. The van der Waals surface area contributed by atoms with E-state index in [1.54, 1.807) is 0 Å². The first-order valence-corrected chi connectivity index (χ1v) is 10.5. The Morgan fingerprint density at radius 3 is 2.45 bits per heavy atom. The minimum Gasteiger partial charge on any atom is -0.667 e. The van der Waals surface area contributed by atoms with Gasteiger partial charge >= 0.3 is 0 Å². The van der Waals surface area contributed by atoms with Crippen LogP contribution in [0.3, 0.4) is 0 Å². The predicted molar refractivity (Wildman–Crippen MR) is 83.9 cm³/mol. The van der Waals surface area contributed by atoms with E-state index in [0.29, 0.717) is 5.54 Å². The number of rotatable bonds is 3. The minimum atomic E-state index is -0.930. The maximum atomic E-state index is 12.3. The summed E-state index contributed by atoms with van der Waals surface area (Å²) >= 11 is 0. The minimum absolute atomic E-state index is 0. The van der Waals surface area contributed by atoms with Crippen LogP contribution in [-0.4, -0.2) is 14.7 Å². The predicted octanol–water partition coefficient (Wildman–Crippen LogP) is 4.65. The van der Waals surface area contributed by atoms with Crippen molar-refractivity contribution in [2.24, 2.45) is 5.41 Å². The second-order valence-electron chi connectivity index (χ2n) is 6.71. The molecule has 4 heteroatoms. The van der Waals surface area contributed by atoms with Crippen LogP contribution in [0.5, 0.6) is 0 Å². The molecule has 0 heterocycles. The molecule has 0 aromatic rings. The van der Waals surface area contributed by atoms with Gasteiger partial charge in [-0.15, -0.1) is 0 Å². The van der Waals surface area contributed by atoms with Crippen LogP contribution in [-0.2, 0) is 26.5 Å². The van der Waals surface area contributed by atoms with Crippen molar-refractivity contribution < 1.29 is 26.5 Å². The van der Waals surface area contributed by atoms with Gasteiger partial charge in [0, 0.05) is 35.9 Å². The van der Waals surface area contributed by atoms with Crippen molar-refractivity contribution in [1.29, 1.82) is 0 Å². The summed E-state index contributed by atoms with van der Waals surface area (Å²) in [4.78, 5) is 12.3. The van der Waals surface area contributed by atoms with Gasteiger partial charge in [0.2, 0.25) is 0 Å². The Balaban J connectivity index is 0.00000200. The quantitative estimate of drug-likeness (QED) is 0.697. The third kappa shape index (κ3) is 2.91. The molecule has 2 aliphatic carbocycles. The van der Waals surface area contributed by atoms with Gasteiger partial charge in [-0.2, -0.15) is 0 Å². The van der Waals surface area contributed by atoms with Gasteiger partial charge in [0.1, 0.15) is 0 Å². The maximum Gasteiger partial charge on any atom is 0.0591 e. The topological polar surface area (TPSA) is 40.9 Å². The van der Waals surface area contributed by atoms with Gasteiger partial charge in [0.15, 0.2) is 0 Å². The van der Waals surface area contributed by atoms with Crippen molar-refractivity contribution in [1.82, 2.24) is 0 Å². The Bertz CT molecular complexity index is 455. The zero-order valence-electron chi connectivity index (χ0n) is 13.2. The van der Waals surface area contributed by atoms with Crippen molar-refractivity contribution in [2.45, 2.75) is 64.6 Å². The van der Waals surface area contributed by atoms with Crippen LogP contribution in [0.1, 0.15) is 46.0 Å². The van der Waals surface area contributed by atoms with Crippen molar-refractivity contribution in [3.8, 4) is 0 Å². The van der Waals surface area contributed by atoms with Crippen molar-refractivity contribution >= 4 is 14.7 Å². The summed E-state index contributed by atoms with van der Waals surface area (Å²) in [5, 5.41) is 0. The van der Waals surface area contributed by atoms with Crippen LogP contribution < -0.4 is 0 Å². The van der Waals surface area contributed by atoms with Crippen LogP contribution in [0.4, 0.5) is 0 Å². The average molecular weight is 324 g/mol. The fourth-order valence-corrected chi connectivity index (χ4v) is 6.65. The first kappa shape index (κ1) is 17.9. The van der Waals surface area contributed by atoms with Crippen LogP contribution in [0.25, 0.3) is 5.73 Å². The summed E-state index contributed by atoms with van der Waals surface area (Å²) in [6.07, 6.45) is 7.56. The SMILES string of the molecule is CC1=C(C)CC(C2(C([NH-])=O)CCCCC2[SiH](C)C)=C1.[Ti]. The zero-order valence-corrected chi connectivity index (χ0v) is 15.9. The summed E-state index contributed by atoms with van der Waals surface area (Å²) < 4.78 is 0. The van der Waals surface area contributed by atoms with Gasteiger partial charge in [0.05, 0.1) is 5.91 Å². The first-order valence-electron chi connectivity index (χ1n) is 7.53. The summed E-state index contributed by atoms with van der Waals surface area (Å²) in [5.74, 6) is -0.313. The summed E-state index contributed by atoms with van der Waals surface area (Å²) in [6.45, 7) is 8.98. The molecule has 0 aromatic heterocycles. The normalized spacial score (nSPS) is 30.2. The number of carbonyl (C=O) groups excluding carboxylic acids is 1. The standard InChI is InChI=1S/C16H27NOSi.Ti/c1-11-9-13(10-12(11)2)16(15(17)18)8-6-5-7-14(16)19(3)4;/h9,14,19H,5-8,10H2,1-4H3,(H2,17,18);/p-1. The third-order valence-electron chi connectivity index (χ3n) is 5.27. The van der Waals surface area contributed by atoms with Crippen LogP contribution >= 0.6 is 0 Å². The second-order valence-corrected chi connectivity index (χ2v) is 10.00. The Morgan fingerprint density at radius 1 is 1.35 bits per heavy atom. The number of carbonyl (C=O) groups is 1. The monoisotopic (exact) mass is 324 g/mol. The van der Waals surface area contributed by atoms with E-state index in [1.807, 2.05) is 0 Å².